The van der Waals surface area contributed by atoms with Crippen molar-refractivity contribution in [2.75, 3.05) is 34.4 Å². The molecule has 0 spiro atoms. The molecule has 1 aromatic carbocycles. The SMILES string of the molecule is CC(C)(N)Cc1ccc(Nc2cc(NC3CCN(c4ccc(N)cn4)CC3)c(C(N)=O)cn2)cc1. The lowest BCUT2D eigenvalue weighted by Gasteiger charge is -2.34. The van der Waals surface area contributed by atoms with Gasteiger partial charge < -0.3 is 32.7 Å². The summed E-state index contributed by atoms with van der Waals surface area (Å²) in [6, 6.07) is 14.0. The Balaban J connectivity index is 1.42. The summed E-state index contributed by atoms with van der Waals surface area (Å²) in [7, 11) is 0. The first-order valence-electron chi connectivity index (χ1n) is 11.8. The minimum Gasteiger partial charge on any atom is -0.397 e. The molecule has 1 saturated heterocycles. The summed E-state index contributed by atoms with van der Waals surface area (Å²) in [4.78, 5) is 23.1. The fourth-order valence-electron chi connectivity index (χ4n) is 4.28. The second-order valence-electron chi connectivity index (χ2n) is 9.82. The van der Waals surface area contributed by atoms with E-state index in [9.17, 15) is 4.79 Å². The van der Waals surface area contributed by atoms with Crippen molar-refractivity contribution in [3.05, 3.63) is 66.0 Å². The lowest BCUT2D eigenvalue weighted by molar-refractivity contribution is 0.100. The van der Waals surface area contributed by atoms with Crippen LogP contribution in [0.2, 0.25) is 0 Å². The number of nitrogens with one attached hydrogen (secondary N) is 2. The van der Waals surface area contributed by atoms with Gasteiger partial charge in [-0.3, -0.25) is 4.79 Å². The van der Waals surface area contributed by atoms with Crippen LogP contribution in [0.25, 0.3) is 0 Å². The van der Waals surface area contributed by atoms with E-state index >= 15 is 0 Å². The zero-order chi connectivity index (χ0) is 25.0. The fourth-order valence-corrected chi connectivity index (χ4v) is 4.28. The lowest BCUT2D eigenvalue weighted by atomic mass is 9.96. The number of pyridine rings is 2. The summed E-state index contributed by atoms with van der Waals surface area (Å²) in [6.45, 7) is 5.72. The van der Waals surface area contributed by atoms with Gasteiger partial charge in [0.05, 0.1) is 23.1 Å². The van der Waals surface area contributed by atoms with Gasteiger partial charge in [-0.2, -0.15) is 0 Å². The zero-order valence-corrected chi connectivity index (χ0v) is 20.3. The number of rotatable bonds is 8. The van der Waals surface area contributed by atoms with Gasteiger partial charge in [-0.25, -0.2) is 9.97 Å². The quantitative estimate of drug-likeness (QED) is 0.334. The Bertz CT molecular complexity index is 1150. The Morgan fingerprint density at radius 2 is 1.80 bits per heavy atom. The topological polar surface area (TPSA) is 148 Å². The first-order valence-corrected chi connectivity index (χ1v) is 11.8. The molecule has 0 bridgehead atoms. The van der Waals surface area contributed by atoms with E-state index in [0.717, 1.165) is 43.9 Å². The predicted octanol–water partition coefficient (Wildman–Crippen LogP) is 3.26. The van der Waals surface area contributed by atoms with Crippen LogP contribution in [0.1, 0.15) is 42.6 Å². The Labute approximate surface area is 206 Å². The van der Waals surface area contributed by atoms with Gasteiger partial charge >= 0.3 is 0 Å². The molecule has 0 unspecified atom stereocenters. The molecular formula is C26H34N8O. The van der Waals surface area contributed by atoms with E-state index in [1.165, 1.54) is 11.8 Å². The summed E-state index contributed by atoms with van der Waals surface area (Å²) in [5.41, 5.74) is 21.0. The number of amides is 1. The number of aromatic nitrogens is 2. The van der Waals surface area contributed by atoms with Gasteiger partial charge in [-0.05, 0) is 62.9 Å². The predicted molar refractivity (Wildman–Crippen MR) is 142 cm³/mol. The van der Waals surface area contributed by atoms with E-state index in [1.54, 1.807) is 6.20 Å². The summed E-state index contributed by atoms with van der Waals surface area (Å²) in [5, 5.41) is 6.82. The van der Waals surface area contributed by atoms with Gasteiger partial charge in [0.1, 0.15) is 11.6 Å². The van der Waals surface area contributed by atoms with E-state index < -0.39 is 5.91 Å². The molecule has 2 aromatic heterocycles. The minimum atomic E-state index is -0.510. The molecule has 4 rings (SSSR count). The van der Waals surface area contributed by atoms with Crippen molar-refractivity contribution in [2.45, 2.75) is 44.7 Å². The van der Waals surface area contributed by atoms with E-state index in [-0.39, 0.29) is 11.6 Å². The van der Waals surface area contributed by atoms with Crippen molar-refractivity contribution in [1.82, 2.24) is 9.97 Å². The fraction of sp³-hybridized carbons (Fsp3) is 0.346. The maximum absolute atomic E-state index is 12.0. The number of primary amides is 1. The van der Waals surface area contributed by atoms with Gasteiger partial charge in [0.2, 0.25) is 0 Å². The van der Waals surface area contributed by atoms with Gasteiger partial charge in [0, 0.05) is 42.6 Å². The number of nitrogens with zero attached hydrogens (tertiary/aromatic N) is 3. The van der Waals surface area contributed by atoms with Gasteiger partial charge in [0.25, 0.3) is 5.91 Å². The molecule has 9 nitrogen and oxygen atoms in total. The molecule has 0 radical (unpaired) electrons. The lowest BCUT2D eigenvalue weighted by Crippen LogP contribution is -2.39. The molecule has 0 atom stereocenters. The normalized spacial score (nSPS) is 14.5. The first kappa shape index (κ1) is 24.3. The molecule has 0 saturated carbocycles. The average molecular weight is 475 g/mol. The van der Waals surface area contributed by atoms with Crippen molar-refractivity contribution >= 4 is 34.6 Å². The van der Waals surface area contributed by atoms with Crippen LogP contribution in [0.4, 0.5) is 28.7 Å². The third kappa shape index (κ3) is 6.60. The third-order valence-corrected chi connectivity index (χ3v) is 6.00. The number of carbonyl (C=O) groups is 1. The number of carbonyl (C=O) groups excluding carboxylic acids is 1. The molecule has 1 amide bonds. The molecule has 35 heavy (non-hydrogen) atoms. The molecule has 9 heteroatoms. The van der Waals surface area contributed by atoms with E-state index in [0.29, 0.717) is 22.8 Å². The zero-order valence-electron chi connectivity index (χ0n) is 20.3. The molecule has 8 N–H and O–H groups in total. The highest BCUT2D eigenvalue weighted by Gasteiger charge is 2.22. The summed E-state index contributed by atoms with van der Waals surface area (Å²) in [5.74, 6) is 1.05. The van der Waals surface area contributed by atoms with E-state index in [1.807, 2.05) is 44.2 Å². The van der Waals surface area contributed by atoms with Crippen LogP contribution in [0.15, 0.2) is 54.9 Å². The number of hydrogen-bond acceptors (Lipinski definition) is 8. The van der Waals surface area contributed by atoms with Crippen LogP contribution in [0.3, 0.4) is 0 Å². The standard InChI is InChI=1S/C26H34N8O/c1-26(2,29)14-17-3-6-19(7-4-17)33-23-13-22(21(16-30-23)25(28)35)32-20-9-11-34(12-10-20)24-8-5-18(27)15-31-24/h3-8,13,15-16,20H,9-12,14,27,29H2,1-2H3,(H2,28,35)(H2,30,32,33). The number of piperidine rings is 1. The second kappa shape index (κ2) is 10.2. The Morgan fingerprint density at radius 3 is 2.40 bits per heavy atom. The summed E-state index contributed by atoms with van der Waals surface area (Å²) < 4.78 is 0. The smallest absolute Gasteiger partial charge is 0.252 e. The Hall–Kier alpha value is -3.85. The molecule has 184 valence electrons. The monoisotopic (exact) mass is 474 g/mol. The van der Waals surface area contributed by atoms with Crippen LogP contribution in [0.5, 0.6) is 0 Å². The molecule has 3 heterocycles. The van der Waals surface area contributed by atoms with Crippen molar-refractivity contribution in [1.29, 1.82) is 0 Å². The summed E-state index contributed by atoms with van der Waals surface area (Å²) >= 11 is 0. The highest BCUT2D eigenvalue weighted by molar-refractivity contribution is 5.98. The van der Waals surface area contributed by atoms with Crippen molar-refractivity contribution < 1.29 is 4.79 Å². The van der Waals surface area contributed by atoms with Gasteiger partial charge in [0.15, 0.2) is 0 Å². The number of benzene rings is 1. The number of nitrogen functional groups attached to an aromatic ring is 1. The Morgan fingerprint density at radius 1 is 1.09 bits per heavy atom. The second-order valence-corrected chi connectivity index (χ2v) is 9.82. The first-order chi connectivity index (χ1) is 16.7. The van der Waals surface area contributed by atoms with Crippen LogP contribution in [-0.4, -0.2) is 40.5 Å². The third-order valence-electron chi connectivity index (χ3n) is 6.00. The Kier molecular flexibility index (Phi) is 7.07. The van der Waals surface area contributed by atoms with Gasteiger partial charge in [-0.1, -0.05) is 12.1 Å². The minimum absolute atomic E-state index is 0.201. The van der Waals surface area contributed by atoms with Crippen LogP contribution < -0.4 is 32.7 Å². The van der Waals surface area contributed by atoms with Crippen LogP contribution in [0, 0.1) is 0 Å². The summed E-state index contributed by atoms with van der Waals surface area (Å²) in [6.07, 6.45) is 5.78. The molecule has 0 aliphatic carbocycles. The number of hydrogen-bond donors (Lipinski definition) is 5. The molecule has 3 aromatic rings. The van der Waals surface area contributed by atoms with Crippen molar-refractivity contribution in [3.63, 3.8) is 0 Å². The highest BCUT2D eigenvalue weighted by Crippen LogP contribution is 2.26. The van der Waals surface area contributed by atoms with Crippen molar-refractivity contribution in [3.8, 4) is 0 Å². The largest absolute Gasteiger partial charge is 0.397 e. The number of nitrogens with two attached hydrogens (primary N) is 3. The maximum Gasteiger partial charge on any atom is 0.252 e. The van der Waals surface area contributed by atoms with Crippen LogP contribution >= 0.6 is 0 Å². The molecule has 1 aliphatic rings. The average Bonchev–Trinajstić information content (AvgIpc) is 2.80. The molecule has 1 fully saturated rings. The number of anilines is 5. The van der Waals surface area contributed by atoms with E-state index in [2.05, 4.69) is 37.6 Å². The highest BCUT2D eigenvalue weighted by atomic mass is 16.1. The molecule has 1 aliphatic heterocycles. The van der Waals surface area contributed by atoms with Crippen LogP contribution in [-0.2, 0) is 6.42 Å². The van der Waals surface area contributed by atoms with E-state index in [4.69, 9.17) is 17.2 Å². The van der Waals surface area contributed by atoms with Crippen molar-refractivity contribution in [2.24, 2.45) is 11.5 Å². The maximum atomic E-state index is 12.0. The van der Waals surface area contributed by atoms with Gasteiger partial charge in [-0.15, -0.1) is 0 Å². The molecular weight excluding hydrogens is 440 g/mol.